The molecule has 1 aromatic heterocycles. The lowest BCUT2D eigenvalue weighted by molar-refractivity contribution is 0.0124. The maximum absolute atomic E-state index is 13.1. The standard InChI is InChI=1S/C23H36N2O3S/c1-16(2)25(22(27)28-23(3,4)5)15-17-9-8-12-24(14-17)21(26)20-13-18-10-6-7-11-19(18)29-20/h13,16-17H,6-12,14-15H2,1-5H3. The van der Waals surface area contributed by atoms with Crippen molar-refractivity contribution in [2.45, 2.75) is 84.8 Å². The minimum Gasteiger partial charge on any atom is -0.444 e. The molecule has 29 heavy (non-hydrogen) atoms. The van der Waals surface area contributed by atoms with Crippen LogP contribution >= 0.6 is 11.3 Å². The van der Waals surface area contributed by atoms with Crippen molar-refractivity contribution in [3.05, 3.63) is 21.4 Å². The molecule has 1 fully saturated rings. The van der Waals surface area contributed by atoms with Crippen molar-refractivity contribution < 1.29 is 14.3 Å². The van der Waals surface area contributed by atoms with Crippen molar-refractivity contribution in [2.24, 2.45) is 5.92 Å². The van der Waals surface area contributed by atoms with Gasteiger partial charge in [0.15, 0.2) is 0 Å². The van der Waals surface area contributed by atoms with Crippen LogP contribution in [0.25, 0.3) is 0 Å². The number of carbonyl (C=O) groups excluding carboxylic acids is 2. The third kappa shape index (κ3) is 5.74. The fraction of sp³-hybridized carbons (Fsp3) is 0.739. The first-order valence-electron chi connectivity index (χ1n) is 11.0. The number of amides is 2. The molecule has 162 valence electrons. The predicted octanol–water partition coefficient (Wildman–Crippen LogP) is 5.12. The number of carbonyl (C=O) groups is 2. The van der Waals surface area contributed by atoms with Crippen LogP contribution in [0.2, 0.25) is 0 Å². The number of likely N-dealkylation sites (tertiary alicyclic amines) is 1. The van der Waals surface area contributed by atoms with Gasteiger partial charge in [0.25, 0.3) is 5.91 Å². The zero-order valence-electron chi connectivity index (χ0n) is 18.6. The van der Waals surface area contributed by atoms with E-state index in [9.17, 15) is 9.59 Å². The lowest BCUT2D eigenvalue weighted by atomic mass is 9.96. The molecule has 0 N–H and O–H groups in total. The third-order valence-corrected chi connectivity index (χ3v) is 6.94. The summed E-state index contributed by atoms with van der Waals surface area (Å²) in [5, 5.41) is 0. The number of hydrogen-bond acceptors (Lipinski definition) is 4. The van der Waals surface area contributed by atoms with Gasteiger partial charge in [0.05, 0.1) is 4.88 Å². The third-order valence-electron chi connectivity index (χ3n) is 5.72. The second kappa shape index (κ2) is 9.07. The van der Waals surface area contributed by atoms with E-state index in [1.807, 2.05) is 44.4 Å². The van der Waals surface area contributed by atoms with Crippen molar-refractivity contribution in [3.8, 4) is 0 Å². The van der Waals surface area contributed by atoms with Crippen LogP contribution in [0.1, 0.15) is 80.4 Å². The quantitative estimate of drug-likeness (QED) is 0.679. The molecule has 5 nitrogen and oxygen atoms in total. The molecule has 1 aromatic rings. The second-order valence-electron chi connectivity index (χ2n) is 9.75. The summed E-state index contributed by atoms with van der Waals surface area (Å²) < 4.78 is 5.60. The van der Waals surface area contributed by atoms with E-state index in [1.165, 1.54) is 23.3 Å². The summed E-state index contributed by atoms with van der Waals surface area (Å²) in [5.74, 6) is 0.458. The summed E-state index contributed by atoms with van der Waals surface area (Å²) in [5.41, 5.74) is 0.880. The van der Waals surface area contributed by atoms with Gasteiger partial charge in [-0.05, 0) is 90.7 Å². The van der Waals surface area contributed by atoms with Crippen molar-refractivity contribution in [1.82, 2.24) is 9.80 Å². The highest BCUT2D eigenvalue weighted by atomic mass is 32.1. The van der Waals surface area contributed by atoms with Crippen molar-refractivity contribution in [1.29, 1.82) is 0 Å². The SMILES string of the molecule is CC(C)N(CC1CCCN(C(=O)c2cc3c(s2)CCCC3)C1)C(=O)OC(C)(C)C. The summed E-state index contributed by atoms with van der Waals surface area (Å²) in [6.45, 7) is 11.9. The smallest absolute Gasteiger partial charge is 0.410 e. The van der Waals surface area contributed by atoms with Crippen LogP contribution in [-0.4, -0.2) is 53.1 Å². The van der Waals surface area contributed by atoms with Gasteiger partial charge in [0.2, 0.25) is 0 Å². The lowest BCUT2D eigenvalue weighted by Gasteiger charge is -2.37. The molecule has 2 aliphatic rings. The van der Waals surface area contributed by atoms with E-state index >= 15 is 0 Å². The Bertz CT molecular complexity index is 711. The molecule has 1 atom stereocenters. The zero-order valence-corrected chi connectivity index (χ0v) is 19.4. The zero-order chi connectivity index (χ0) is 21.2. The van der Waals surface area contributed by atoms with Gasteiger partial charge in [-0.1, -0.05) is 0 Å². The van der Waals surface area contributed by atoms with Crippen molar-refractivity contribution in [3.63, 3.8) is 0 Å². The Morgan fingerprint density at radius 3 is 2.62 bits per heavy atom. The predicted molar refractivity (Wildman–Crippen MR) is 118 cm³/mol. The van der Waals surface area contributed by atoms with E-state index < -0.39 is 5.60 Å². The highest BCUT2D eigenvalue weighted by molar-refractivity contribution is 7.14. The number of ether oxygens (including phenoxy) is 1. The number of aryl methyl sites for hydroxylation is 2. The number of fused-ring (bicyclic) bond motifs is 1. The molecule has 2 heterocycles. The minimum absolute atomic E-state index is 0.0694. The lowest BCUT2D eigenvalue weighted by Crippen LogP contribution is -2.48. The second-order valence-corrected chi connectivity index (χ2v) is 10.9. The number of nitrogens with zero attached hydrogens (tertiary/aromatic N) is 2. The van der Waals surface area contributed by atoms with Gasteiger partial charge in [0.1, 0.15) is 5.60 Å². The van der Waals surface area contributed by atoms with Crippen LogP contribution < -0.4 is 0 Å². The fourth-order valence-electron chi connectivity index (χ4n) is 4.25. The molecule has 1 aliphatic heterocycles. The first-order chi connectivity index (χ1) is 13.6. The van der Waals surface area contributed by atoms with E-state index in [1.54, 1.807) is 11.3 Å². The normalized spacial score (nSPS) is 19.8. The molecule has 1 aliphatic carbocycles. The summed E-state index contributed by atoms with van der Waals surface area (Å²) in [6.07, 6.45) is 6.47. The average molecular weight is 421 g/mol. The van der Waals surface area contributed by atoms with Gasteiger partial charge in [-0.2, -0.15) is 0 Å². The molecule has 0 saturated carbocycles. The highest BCUT2D eigenvalue weighted by Gasteiger charge is 2.31. The Morgan fingerprint density at radius 1 is 1.24 bits per heavy atom. The van der Waals surface area contributed by atoms with Gasteiger partial charge in [0, 0.05) is 30.6 Å². The van der Waals surface area contributed by atoms with E-state index in [-0.39, 0.29) is 24.0 Å². The molecule has 1 unspecified atom stereocenters. The van der Waals surface area contributed by atoms with Gasteiger partial charge >= 0.3 is 6.09 Å². The van der Waals surface area contributed by atoms with Crippen LogP contribution in [0.4, 0.5) is 4.79 Å². The first kappa shape index (κ1) is 22.1. The summed E-state index contributed by atoms with van der Waals surface area (Å²) in [6, 6.07) is 2.20. The van der Waals surface area contributed by atoms with Gasteiger partial charge in [-0.25, -0.2) is 4.79 Å². The molecule has 0 radical (unpaired) electrons. The van der Waals surface area contributed by atoms with Crippen LogP contribution in [0.15, 0.2) is 6.07 Å². The van der Waals surface area contributed by atoms with Crippen LogP contribution in [0, 0.1) is 5.92 Å². The molecule has 6 heteroatoms. The fourth-order valence-corrected chi connectivity index (χ4v) is 5.47. The summed E-state index contributed by atoms with van der Waals surface area (Å²) >= 11 is 1.69. The number of hydrogen-bond donors (Lipinski definition) is 0. The van der Waals surface area contributed by atoms with E-state index in [4.69, 9.17) is 4.74 Å². The Labute approximate surface area is 179 Å². The Balaban J connectivity index is 1.64. The molecule has 0 bridgehead atoms. The average Bonchev–Trinajstić information content (AvgIpc) is 3.08. The summed E-state index contributed by atoms with van der Waals surface area (Å²) in [7, 11) is 0. The molecule has 0 spiro atoms. The molecule has 0 aromatic carbocycles. The number of rotatable bonds is 4. The molecule has 2 amide bonds. The first-order valence-corrected chi connectivity index (χ1v) is 11.9. The van der Waals surface area contributed by atoms with E-state index in [2.05, 4.69) is 6.07 Å². The molecule has 1 saturated heterocycles. The molecular weight excluding hydrogens is 384 g/mol. The number of thiophene rings is 1. The minimum atomic E-state index is -0.503. The monoisotopic (exact) mass is 420 g/mol. The molecule has 3 rings (SSSR count). The van der Waals surface area contributed by atoms with Crippen molar-refractivity contribution in [2.75, 3.05) is 19.6 Å². The highest BCUT2D eigenvalue weighted by Crippen LogP contribution is 2.31. The maximum Gasteiger partial charge on any atom is 0.410 e. The summed E-state index contributed by atoms with van der Waals surface area (Å²) in [4.78, 5) is 31.9. The van der Waals surface area contributed by atoms with Gasteiger partial charge in [-0.3, -0.25) is 4.79 Å². The van der Waals surface area contributed by atoms with E-state index in [0.717, 1.165) is 37.1 Å². The maximum atomic E-state index is 13.1. The number of piperidine rings is 1. The molecular formula is C23H36N2O3S. The van der Waals surface area contributed by atoms with Crippen LogP contribution in [-0.2, 0) is 17.6 Å². The Hall–Kier alpha value is -1.56. The van der Waals surface area contributed by atoms with Gasteiger partial charge in [-0.15, -0.1) is 11.3 Å². The largest absolute Gasteiger partial charge is 0.444 e. The topological polar surface area (TPSA) is 49.9 Å². The van der Waals surface area contributed by atoms with E-state index in [0.29, 0.717) is 13.1 Å². The van der Waals surface area contributed by atoms with Crippen LogP contribution in [0.3, 0.4) is 0 Å². The Morgan fingerprint density at radius 2 is 1.97 bits per heavy atom. The van der Waals surface area contributed by atoms with Gasteiger partial charge < -0.3 is 14.5 Å². The van der Waals surface area contributed by atoms with Crippen molar-refractivity contribution >= 4 is 23.3 Å². The Kier molecular flexibility index (Phi) is 6.92. The van der Waals surface area contributed by atoms with Crippen LogP contribution in [0.5, 0.6) is 0 Å².